The standard InChI is InChI=1S/C21H21FN2O3S/c1-3-27-21(26)16-11-24(13-6-7-13)19-15(18(16)25)10-17(22)20(23-19)28-14-8-4-12(2)5-9-14/h4-5,8-10,13,16H,3,6-7,11H2,1-2H3. The van der Waals surface area contributed by atoms with Crippen molar-refractivity contribution in [1.29, 1.82) is 0 Å². The van der Waals surface area contributed by atoms with Gasteiger partial charge in [0, 0.05) is 17.5 Å². The third kappa shape index (κ3) is 3.63. The second kappa shape index (κ2) is 7.54. The first kappa shape index (κ1) is 18.9. The maximum atomic E-state index is 14.8. The smallest absolute Gasteiger partial charge is 0.318 e. The van der Waals surface area contributed by atoms with Crippen LogP contribution in [-0.4, -0.2) is 35.9 Å². The number of rotatable bonds is 5. The number of hydrogen-bond donors (Lipinski definition) is 0. The van der Waals surface area contributed by atoms with Gasteiger partial charge in [-0.05, 0) is 44.9 Å². The van der Waals surface area contributed by atoms with Crippen molar-refractivity contribution in [2.75, 3.05) is 18.1 Å². The Kier molecular flexibility index (Phi) is 5.10. The van der Waals surface area contributed by atoms with Crippen molar-refractivity contribution in [1.82, 2.24) is 4.98 Å². The van der Waals surface area contributed by atoms with Crippen LogP contribution in [0.2, 0.25) is 0 Å². The van der Waals surface area contributed by atoms with E-state index in [-0.39, 0.29) is 29.8 Å². The van der Waals surface area contributed by atoms with Crippen LogP contribution in [0.15, 0.2) is 40.3 Å². The summed E-state index contributed by atoms with van der Waals surface area (Å²) in [6.07, 6.45) is 1.95. The van der Waals surface area contributed by atoms with Crippen LogP contribution >= 0.6 is 11.8 Å². The van der Waals surface area contributed by atoms with Crippen molar-refractivity contribution >= 4 is 29.3 Å². The zero-order valence-corrected chi connectivity index (χ0v) is 16.6. The highest BCUT2D eigenvalue weighted by molar-refractivity contribution is 7.99. The van der Waals surface area contributed by atoms with Crippen LogP contribution in [0, 0.1) is 18.7 Å². The largest absolute Gasteiger partial charge is 0.465 e. The fraction of sp³-hybridized carbons (Fsp3) is 0.381. The van der Waals surface area contributed by atoms with Crippen molar-refractivity contribution in [3.8, 4) is 0 Å². The summed E-state index contributed by atoms with van der Waals surface area (Å²) in [7, 11) is 0. The maximum absolute atomic E-state index is 14.8. The lowest BCUT2D eigenvalue weighted by molar-refractivity contribution is -0.145. The number of esters is 1. The van der Waals surface area contributed by atoms with Gasteiger partial charge in [0.25, 0.3) is 0 Å². The van der Waals surface area contributed by atoms with Crippen molar-refractivity contribution in [3.05, 3.63) is 47.3 Å². The highest BCUT2D eigenvalue weighted by Crippen LogP contribution is 2.40. The molecule has 1 unspecified atom stereocenters. The normalized spacial score (nSPS) is 18.8. The Hall–Kier alpha value is -2.41. The number of anilines is 1. The van der Waals surface area contributed by atoms with E-state index in [1.807, 2.05) is 36.1 Å². The van der Waals surface area contributed by atoms with Gasteiger partial charge in [-0.15, -0.1) is 0 Å². The van der Waals surface area contributed by atoms with E-state index in [1.54, 1.807) is 6.92 Å². The van der Waals surface area contributed by atoms with Crippen molar-refractivity contribution < 1.29 is 18.7 Å². The van der Waals surface area contributed by atoms with Gasteiger partial charge >= 0.3 is 5.97 Å². The summed E-state index contributed by atoms with van der Waals surface area (Å²) < 4.78 is 19.8. The van der Waals surface area contributed by atoms with E-state index in [1.165, 1.54) is 17.8 Å². The van der Waals surface area contributed by atoms with E-state index < -0.39 is 23.5 Å². The summed E-state index contributed by atoms with van der Waals surface area (Å²) in [5.41, 5.74) is 1.29. The van der Waals surface area contributed by atoms with E-state index in [9.17, 15) is 14.0 Å². The molecule has 1 aromatic carbocycles. The van der Waals surface area contributed by atoms with Crippen molar-refractivity contribution in [2.45, 2.75) is 42.7 Å². The molecular weight excluding hydrogens is 379 g/mol. The van der Waals surface area contributed by atoms with Crippen LogP contribution in [-0.2, 0) is 9.53 Å². The van der Waals surface area contributed by atoms with Gasteiger partial charge in [-0.25, -0.2) is 9.37 Å². The SMILES string of the molecule is CCOC(=O)C1CN(C2CC2)c2nc(Sc3ccc(C)cc3)c(F)cc2C1=O. The van der Waals surface area contributed by atoms with Gasteiger partial charge in [0.15, 0.2) is 11.6 Å². The molecule has 1 atom stereocenters. The van der Waals surface area contributed by atoms with E-state index >= 15 is 0 Å². The lowest BCUT2D eigenvalue weighted by Gasteiger charge is -2.33. The number of aryl methyl sites for hydroxylation is 1. The second-order valence-electron chi connectivity index (χ2n) is 7.11. The molecule has 2 aliphatic rings. The second-order valence-corrected chi connectivity index (χ2v) is 8.18. The van der Waals surface area contributed by atoms with Crippen LogP contribution < -0.4 is 4.90 Å². The minimum absolute atomic E-state index is 0.168. The molecule has 1 fully saturated rings. The zero-order valence-electron chi connectivity index (χ0n) is 15.8. The summed E-state index contributed by atoms with van der Waals surface area (Å²) in [6.45, 7) is 4.14. The summed E-state index contributed by atoms with van der Waals surface area (Å²) >= 11 is 1.23. The number of pyridine rings is 1. The molecular formula is C21H21FN2O3S. The number of benzene rings is 1. The third-order valence-electron chi connectivity index (χ3n) is 4.95. The van der Waals surface area contributed by atoms with Crippen LogP contribution in [0.1, 0.15) is 35.7 Å². The number of carbonyl (C=O) groups excluding carboxylic acids is 2. The molecule has 0 spiro atoms. The van der Waals surface area contributed by atoms with Crippen LogP contribution in [0.5, 0.6) is 0 Å². The molecule has 2 aromatic rings. The minimum atomic E-state index is -0.926. The molecule has 0 saturated heterocycles. The minimum Gasteiger partial charge on any atom is -0.465 e. The number of ketones is 1. The van der Waals surface area contributed by atoms with E-state index in [0.29, 0.717) is 5.82 Å². The Morgan fingerprint density at radius 3 is 2.68 bits per heavy atom. The number of hydrogen-bond acceptors (Lipinski definition) is 6. The Morgan fingerprint density at radius 2 is 2.04 bits per heavy atom. The Morgan fingerprint density at radius 1 is 1.32 bits per heavy atom. The first-order chi connectivity index (χ1) is 13.5. The Bertz CT molecular complexity index is 928. The summed E-state index contributed by atoms with van der Waals surface area (Å²) in [4.78, 5) is 32.4. The van der Waals surface area contributed by atoms with Gasteiger partial charge in [0.2, 0.25) is 0 Å². The zero-order chi connectivity index (χ0) is 19.8. The molecule has 0 radical (unpaired) electrons. The fourth-order valence-electron chi connectivity index (χ4n) is 3.34. The molecule has 0 bridgehead atoms. The highest BCUT2D eigenvalue weighted by Gasteiger charge is 2.44. The molecule has 28 heavy (non-hydrogen) atoms. The van der Waals surface area contributed by atoms with Gasteiger partial charge in [-0.2, -0.15) is 0 Å². The first-order valence-corrected chi connectivity index (χ1v) is 10.2. The van der Waals surface area contributed by atoms with Gasteiger partial charge in [-0.1, -0.05) is 29.5 Å². The van der Waals surface area contributed by atoms with E-state index in [2.05, 4.69) is 4.98 Å². The number of ether oxygens (including phenoxy) is 1. The lowest BCUT2D eigenvalue weighted by atomic mass is 9.93. The molecule has 0 amide bonds. The fourth-order valence-corrected chi connectivity index (χ4v) is 4.12. The number of fused-ring (bicyclic) bond motifs is 1. The number of nitrogens with zero attached hydrogens (tertiary/aromatic N) is 2. The number of aromatic nitrogens is 1. The third-order valence-corrected chi connectivity index (χ3v) is 5.94. The van der Waals surface area contributed by atoms with Gasteiger partial charge < -0.3 is 9.64 Å². The number of Topliss-reactive ketones (excluding diaryl/α,β-unsaturated/α-hetero) is 1. The summed E-state index contributed by atoms with van der Waals surface area (Å²) in [6, 6.07) is 9.22. The molecule has 1 saturated carbocycles. The monoisotopic (exact) mass is 400 g/mol. The molecule has 2 heterocycles. The molecule has 1 aliphatic carbocycles. The summed E-state index contributed by atoms with van der Waals surface area (Å²) in [5, 5.41) is 0.232. The Labute approximate surface area is 167 Å². The highest BCUT2D eigenvalue weighted by atomic mass is 32.2. The molecule has 1 aliphatic heterocycles. The Balaban J connectivity index is 1.70. The molecule has 146 valence electrons. The average molecular weight is 400 g/mol. The van der Waals surface area contributed by atoms with Crippen molar-refractivity contribution in [3.63, 3.8) is 0 Å². The predicted octanol–water partition coefficient (Wildman–Crippen LogP) is 4.02. The topological polar surface area (TPSA) is 59.5 Å². The van der Waals surface area contributed by atoms with Gasteiger partial charge in [-0.3, -0.25) is 9.59 Å². The number of carbonyl (C=O) groups is 2. The van der Waals surface area contributed by atoms with Crippen molar-refractivity contribution in [2.24, 2.45) is 5.92 Å². The molecule has 4 rings (SSSR count). The molecule has 5 nitrogen and oxygen atoms in total. The van der Waals surface area contributed by atoms with Gasteiger partial charge in [0.05, 0.1) is 12.2 Å². The molecule has 0 N–H and O–H groups in total. The number of halogens is 1. The first-order valence-electron chi connectivity index (χ1n) is 9.40. The van der Waals surface area contributed by atoms with Gasteiger partial charge in [0.1, 0.15) is 16.8 Å². The van der Waals surface area contributed by atoms with E-state index in [0.717, 1.165) is 23.3 Å². The van der Waals surface area contributed by atoms with Crippen LogP contribution in [0.3, 0.4) is 0 Å². The lowest BCUT2D eigenvalue weighted by Crippen LogP contribution is -2.45. The quantitative estimate of drug-likeness (QED) is 0.558. The van der Waals surface area contributed by atoms with Crippen LogP contribution in [0.4, 0.5) is 10.2 Å². The van der Waals surface area contributed by atoms with Crippen LogP contribution in [0.25, 0.3) is 0 Å². The van der Waals surface area contributed by atoms with E-state index in [4.69, 9.17) is 4.74 Å². The maximum Gasteiger partial charge on any atom is 0.318 e. The predicted molar refractivity (Wildman–Crippen MR) is 104 cm³/mol. The molecule has 1 aromatic heterocycles. The average Bonchev–Trinajstić information content (AvgIpc) is 3.50. The molecule has 7 heteroatoms. The summed E-state index contributed by atoms with van der Waals surface area (Å²) in [5.74, 6) is -1.97.